The van der Waals surface area contributed by atoms with E-state index in [0.29, 0.717) is 29.1 Å². The number of ether oxygens (including phenoxy) is 1. The quantitative estimate of drug-likeness (QED) is 0.144. The average molecular weight is 708 g/mol. The number of nitrogens with one attached hydrogen (secondary N) is 1. The second-order valence-corrected chi connectivity index (χ2v) is 20.2. The molecule has 0 saturated heterocycles. The molecule has 50 heavy (non-hydrogen) atoms. The standard InChI is InChI=1S/C44H66ClNO4/c1-28(2)31-16-21-44(24-25-46-27-29-10-12-30(45)13-11-29)23-22-42(8)32(37(31)44)14-15-34-41(7)19-18-35(50-36(47)26-39(3,4)38(48)49)40(5,6)33(41)17-20-43(34,42)9/h10-13,28,32-35,46H,14-27H2,1-9H3,(H,48,49)/t32-,33+,34-,35+,41+,42-,43-,44-/m1/s1. The Balaban J connectivity index is 1.21. The number of carbonyl (C=O) groups excluding carboxylic acids is 1. The highest BCUT2D eigenvalue weighted by atomic mass is 35.5. The van der Waals surface area contributed by atoms with Crippen molar-refractivity contribution in [1.29, 1.82) is 0 Å². The molecule has 4 fully saturated rings. The monoisotopic (exact) mass is 707 g/mol. The summed E-state index contributed by atoms with van der Waals surface area (Å²) in [4.78, 5) is 24.8. The fourth-order valence-corrected chi connectivity index (χ4v) is 13.3. The highest BCUT2D eigenvalue weighted by Crippen LogP contribution is 2.77. The maximum Gasteiger partial charge on any atom is 0.309 e. The second-order valence-electron chi connectivity index (χ2n) is 19.7. The molecule has 6 heteroatoms. The minimum atomic E-state index is -1.12. The van der Waals surface area contributed by atoms with Gasteiger partial charge in [-0.15, -0.1) is 0 Å². The molecule has 1 aromatic rings. The van der Waals surface area contributed by atoms with Crippen molar-refractivity contribution in [2.45, 2.75) is 152 Å². The predicted octanol–water partition coefficient (Wildman–Crippen LogP) is 11.0. The molecular formula is C44H66ClNO4. The summed E-state index contributed by atoms with van der Waals surface area (Å²) in [5.41, 5.74) is 4.76. The molecule has 5 aliphatic rings. The van der Waals surface area contributed by atoms with Crippen LogP contribution in [0.2, 0.25) is 5.02 Å². The van der Waals surface area contributed by atoms with E-state index in [1.165, 1.54) is 63.4 Å². The summed E-state index contributed by atoms with van der Waals surface area (Å²) in [7, 11) is 0. The van der Waals surface area contributed by atoms with E-state index < -0.39 is 11.4 Å². The van der Waals surface area contributed by atoms with Gasteiger partial charge in [-0.05, 0) is 154 Å². The van der Waals surface area contributed by atoms with E-state index in [4.69, 9.17) is 16.3 Å². The maximum atomic E-state index is 13.1. The van der Waals surface area contributed by atoms with Gasteiger partial charge in [0.1, 0.15) is 6.10 Å². The molecule has 8 atom stereocenters. The van der Waals surface area contributed by atoms with Crippen LogP contribution < -0.4 is 5.32 Å². The van der Waals surface area contributed by atoms with Crippen molar-refractivity contribution in [3.8, 4) is 0 Å². The molecule has 0 spiro atoms. The van der Waals surface area contributed by atoms with E-state index in [2.05, 4.69) is 65.9 Å². The Bertz CT molecular complexity index is 1500. The third kappa shape index (κ3) is 6.10. The smallest absolute Gasteiger partial charge is 0.309 e. The Morgan fingerprint density at radius 3 is 2.28 bits per heavy atom. The predicted molar refractivity (Wildman–Crippen MR) is 203 cm³/mol. The number of rotatable bonds is 10. The second kappa shape index (κ2) is 13.2. The number of esters is 1. The zero-order chi connectivity index (χ0) is 36.5. The molecule has 0 unspecified atom stereocenters. The van der Waals surface area contributed by atoms with Crippen molar-refractivity contribution in [3.63, 3.8) is 0 Å². The van der Waals surface area contributed by atoms with Crippen LogP contribution in [-0.4, -0.2) is 29.7 Å². The van der Waals surface area contributed by atoms with Gasteiger partial charge < -0.3 is 15.2 Å². The Labute approximate surface area is 308 Å². The van der Waals surface area contributed by atoms with E-state index in [0.717, 1.165) is 31.0 Å². The molecule has 0 radical (unpaired) electrons. The van der Waals surface area contributed by atoms with Gasteiger partial charge in [-0.25, -0.2) is 0 Å². The van der Waals surface area contributed by atoms with E-state index in [9.17, 15) is 14.7 Å². The lowest BCUT2D eigenvalue weighted by molar-refractivity contribution is -0.233. The van der Waals surface area contributed by atoms with Crippen LogP contribution in [0.3, 0.4) is 0 Å². The number of hydrogen-bond donors (Lipinski definition) is 2. The first-order chi connectivity index (χ1) is 23.3. The molecular weight excluding hydrogens is 642 g/mol. The zero-order valence-corrected chi connectivity index (χ0v) is 33.4. The van der Waals surface area contributed by atoms with Gasteiger partial charge in [0.25, 0.3) is 0 Å². The number of aliphatic carboxylic acids is 1. The van der Waals surface area contributed by atoms with E-state index >= 15 is 0 Å². The molecule has 6 rings (SSSR count). The fourth-order valence-electron chi connectivity index (χ4n) is 13.2. The molecule has 2 N–H and O–H groups in total. The molecule has 0 heterocycles. The third-order valence-corrected chi connectivity index (χ3v) is 16.5. The van der Waals surface area contributed by atoms with E-state index in [1.54, 1.807) is 19.4 Å². The number of halogens is 1. The molecule has 278 valence electrons. The van der Waals surface area contributed by atoms with Gasteiger partial charge in [0.05, 0.1) is 11.8 Å². The number of fused-ring (bicyclic) bond motifs is 7. The first kappa shape index (κ1) is 37.9. The molecule has 5 nitrogen and oxygen atoms in total. The van der Waals surface area contributed by atoms with Crippen LogP contribution in [0.25, 0.3) is 0 Å². The van der Waals surface area contributed by atoms with Crippen LogP contribution >= 0.6 is 11.6 Å². The van der Waals surface area contributed by atoms with E-state index in [1.807, 2.05) is 17.7 Å². The van der Waals surface area contributed by atoms with Crippen molar-refractivity contribution in [2.75, 3.05) is 6.54 Å². The van der Waals surface area contributed by atoms with Gasteiger partial charge >= 0.3 is 11.9 Å². The lowest BCUT2D eigenvalue weighted by Gasteiger charge is -2.72. The lowest BCUT2D eigenvalue weighted by atomic mass is 9.33. The summed E-state index contributed by atoms with van der Waals surface area (Å²) in [5, 5.41) is 14.2. The largest absolute Gasteiger partial charge is 0.481 e. The van der Waals surface area contributed by atoms with Gasteiger partial charge in [0.15, 0.2) is 0 Å². The molecule has 0 aliphatic heterocycles. The zero-order valence-electron chi connectivity index (χ0n) is 32.6. The van der Waals surface area contributed by atoms with E-state index in [-0.39, 0.29) is 40.2 Å². The van der Waals surface area contributed by atoms with Crippen LogP contribution in [0.5, 0.6) is 0 Å². The summed E-state index contributed by atoms with van der Waals surface area (Å²) in [6, 6.07) is 8.25. The maximum absolute atomic E-state index is 13.1. The average Bonchev–Trinajstić information content (AvgIpc) is 3.42. The van der Waals surface area contributed by atoms with Crippen LogP contribution in [-0.2, 0) is 20.9 Å². The Hall–Kier alpha value is -1.85. The Morgan fingerprint density at radius 2 is 1.62 bits per heavy atom. The van der Waals surface area contributed by atoms with Gasteiger partial charge in [-0.1, -0.05) is 83.3 Å². The number of carboxylic acid groups (broad SMARTS) is 1. The normalized spacial score (nSPS) is 37.8. The van der Waals surface area contributed by atoms with Gasteiger partial charge in [0, 0.05) is 17.0 Å². The van der Waals surface area contributed by atoms with Crippen LogP contribution in [0.15, 0.2) is 35.4 Å². The summed E-state index contributed by atoms with van der Waals surface area (Å²) < 4.78 is 6.20. The van der Waals surface area contributed by atoms with Gasteiger partial charge in [-0.2, -0.15) is 0 Å². The van der Waals surface area contributed by atoms with Gasteiger partial charge in [-0.3, -0.25) is 9.59 Å². The van der Waals surface area contributed by atoms with Crippen molar-refractivity contribution in [1.82, 2.24) is 5.32 Å². The number of hydrogen-bond acceptors (Lipinski definition) is 4. The Morgan fingerprint density at radius 1 is 0.920 bits per heavy atom. The lowest BCUT2D eigenvalue weighted by Crippen LogP contribution is -2.65. The molecule has 0 amide bonds. The van der Waals surface area contributed by atoms with Crippen LogP contribution in [0.4, 0.5) is 0 Å². The van der Waals surface area contributed by atoms with Crippen LogP contribution in [0.1, 0.15) is 145 Å². The SMILES string of the molecule is CC(C)C1=C2[C@H]3CC[C@@H]4[C@@]5(C)CC[C@H](OC(=O)CC(C)(C)C(=O)O)C(C)(C)[C@@H]5CC[C@@]4(C)[C@]3(C)CC[C@@]2(CCNCc2ccc(Cl)cc2)CC1. The molecule has 1 aromatic carbocycles. The Kier molecular flexibility index (Phi) is 10.0. The van der Waals surface area contributed by atoms with Crippen molar-refractivity contribution < 1.29 is 19.4 Å². The summed E-state index contributed by atoms with van der Waals surface area (Å²) in [6.07, 6.45) is 13.1. The molecule has 4 saturated carbocycles. The minimum absolute atomic E-state index is 0.0919. The fraction of sp³-hybridized carbons (Fsp3) is 0.773. The highest BCUT2D eigenvalue weighted by molar-refractivity contribution is 6.30. The number of allylic oxidation sites excluding steroid dienone is 2. The topological polar surface area (TPSA) is 75.6 Å². The molecule has 5 aliphatic carbocycles. The third-order valence-electron chi connectivity index (χ3n) is 16.2. The van der Waals surface area contributed by atoms with Gasteiger partial charge in [0.2, 0.25) is 0 Å². The molecule has 0 aromatic heterocycles. The highest BCUT2D eigenvalue weighted by Gasteiger charge is 2.69. The first-order valence-electron chi connectivity index (χ1n) is 19.9. The first-order valence-corrected chi connectivity index (χ1v) is 20.3. The van der Waals surface area contributed by atoms with Crippen LogP contribution in [0, 0.1) is 56.2 Å². The number of carbonyl (C=O) groups is 2. The van der Waals surface area contributed by atoms with Crippen molar-refractivity contribution >= 4 is 23.5 Å². The summed E-state index contributed by atoms with van der Waals surface area (Å²) in [5.74, 6) is 1.06. The minimum Gasteiger partial charge on any atom is -0.481 e. The summed E-state index contributed by atoms with van der Waals surface area (Å²) >= 11 is 6.14. The molecule has 0 bridgehead atoms. The number of carboxylic acids is 1. The summed E-state index contributed by atoms with van der Waals surface area (Å²) in [6.45, 7) is 22.7. The van der Waals surface area contributed by atoms with Crippen molar-refractivity contribution in [3.05, 3.63) is 46.0 Å². The van der Waals surface area contributed by atoms with Crippen molar-refractivity contribution in [2.24, 2.45) is 56.2 Å². The number of benzene rings is 1.